The summed E-state index contributed by atoms with van der Waals surface area (Å²) in [6, 6.07) is 6.20. The van der Waals surface area contributed by atoms with E-state index in [0.29, 0.717) is 42.7 Å². The zero-order chi connectivity index (χ0) is 24.1. The average Bonchev–Trinajstić information content (AvgIpc) is 2.80. The van der Waals surface area contributed by atoms with E-state index in [-0.39, 0.29) is 29.6 Å². The van der Waals surface area contributed by atoms with Crippen LogP contribution in [0.1, 0.15) is 41.0 Å². The quantitative estimate of drug-likeness (QED) is 0.579. The van der Waals surface area contributed by atoms with E-state index in [1.165, 1.54) is 18.1 Å². The molecule has 0 atom stereocenters. The summed E-state index contributed by atoms with van der Waals surface area (Å²) in [5.41, 5.74) is 0.423. The highest BCUT2D eigenvalue weighted by Gasteiger charge is 2.27. The van der Waals surface area contributed by atoms with Crippen LogP contribution in [-0.4, -0.2) is 61.5 Å². The molecule has 0 spiro atoms. The number of hydrogen-bond acceptors (Lipinski definition) is 4. The van der Waals surface area contributed by atoms with Crippen LogP contribution in [0.4, 0.5) is 8.78 Å². The summed E-state index contributed by atoms with van der Waals surface area (Å²) >= 11 is 6.38. The van der Waals surface area contributed by atoms with Crippen molar-refractivity contribution in [1.29, 1.82) is 0 Å². The fourth-order valence-corrected chi connectivity index (χ4v) is 3.75. The molecule has 0 N–H and O–H groups in total. The van der Waals surface area contributed by atoms with Crippen LogP contribution in [0, 0.1) is 17.6 Å². The number of halogens is 3. The molecule has 33 heavy (non-hydrogen) atoms. The summed E-state index contributed by atoms with van der Waals surface area (Å²) in [5, 5.41) is 0.286. The molecular weight excluding hydrogens is 454 g/mol. The SMILES string of the molecule is COc1cc(C(=O)N2CCN(C(=O)c3ccc(F)c(F)c3)CC2)cc(Cl)c1OCCC(C)C. The monoisotopic (exact) mass is 480 g/mol. The summed E-state index contributed by atoms with van der Waals surface area (Å²) in [5.74, 6) is -1.48. The van der Waals surface area contributed by atoms with Crippen LogP contribution in [0.2, 0.25) is 5.02 Å². The highest BCUT2D eigenvalue weighted by Crippen LogP contribution is 2.37. The number of nitrogens with zero attached hydrogens (tertiary/aromatic N) is 2. The minimum absolute atomic E-state index is 0.0678. The van der Waals surface area contributed by atoms with Crippen molar-refractivity contribution >= 4 is 23.4 Å². The van der Waals surface area contributed by atoms with Crippen molar-refractivity contribution in [2.24, 2.45) is 5.92 Å². The second-order valence-corrected chi connectivity index (χ2v) is 8.64. The molecular formula is C24H27ClF2N2O4. The highest BCUT2D eigenvalue weighted by molar-refractivity contribution is 6.32. The van der Waals surface area contributed by atoms with Crippen LogP contribution in [0.15, 0.2) is 30.3 Å². The molecule has 9 heteroatoms. The number of methoxy groups -OCH3 is 1. The standard InChI is InChI=1S/C24H27ClF2N2O4/c1-15(2)6-11-33-22-18(25)12-17(14-21(22)32-3)24(31)29-9-7-28(8-10-29)23(30)16-4-5-19(26)20(27)13-16/h4-5,12-15H,6-11H2,1-3H3. The minimum Gasteiger partial charge on any atom is -0.493 e. The summed E-state index contributed by atoms with van der Waals surface area (Å²) in [6.45, 7) is 5.79. The van der Waals surface area contributed by atoms with Crippen molar-refractivity contribution in [3.63, 3.8) is 0 Å². The van der Waals surface area contributed by atoms with Gasteiger partial charge in [0.2, 0.25) is 0 Å². The zero-order valence-electron chi connectivity index (χ0n) is 18.9. The molecule has 0 saturated carbocycles. The van der Waals surface area contributed by atoms with E-state index >= 15 is 0 Å². The number of carbonyl (C=O) groups excluding carboxylic acids is 2. The predicted octanol–water partition coefficient (Wildman–Crippen LogP) is 4.65. The molecule has 0 aromatic heterocycles. The Balaban J connectivity index is 1.65. The third kappa shape index (κ3) is 5.93. The largest absolute Gasteiger partial charge is 0.493 e. The second kappa shape index (κ2) is 10.8. The van der Waals surface area contributed by atoms with Gasteiger partial charge in [-0.1, -0.05) is 25.4 Å². The average molecular weight is 481 g/mol. The second-order valence-electron chi connectivity index (χ2n) is 8.23. The summed E-state index contributed by atoms with van der Waals surface area (Å²) in [6.07, 6.45) is 0.855. The highest BCUT2D eigenvalue weighted by atomic mass is 35.5. The van der Waals surface area contributed by atoms with Crippen LogP contribution < -0.4 is 9.47 Å². The normalized spacial score (nSPS) is 13.9. The molecule has 0 aliphatic carbocycles. The Labute approximate surface area is 197 Å². The molecule has 6 nitrogen and oxygen atoms in total. The van der Waals surface area contributed by atoms with Crippen LogP contribution in [0.5, 0.6) is 11.5 Å². The summed E-state index contributed by atoms with van der Waals surface area (Å²) in [4.78, 5) is 28.7. The molecule has 0 radical (unpaired) electrons. The number of carbonyl (C=O) groups is 2. The molecule has 1 saturated heterocycles. The fourth-order valence-electron chi connectivity index (χ4n) is 3.49. The molecule has 2 amide bonds. The Kier molecular flexibility index (Phi) is 8.13. The predicted molar refractivity (Wildman–Crippen MR) is 121 cm³/mol. The Hall–Kier alpha value is -2.87. The molecule has 1 aliphatic rings. The van der Waals surface area contributed by atoms with Crippen LogP contribution in [0.25, 0.3) is 0 Å². The third-order valence-corrected chi connectivity index (χ3v) is 5.72. The first kappa shape index (κ1) is 24.8. The summed E-state index contributed by atoms with van der Waals surface area (Å²) in [7, 11) is 1.48. The van der Waals surface area contributed by atoms with Gasteiger partial charge in [-0.2, -0.15) is 0 Å². The van der Waals surface area contributed by atoms with Gasteiger partial charge in [-0.3, -0.25) is 9.59 Å². The van der Waals surface area contributed by atoms with Gasteiger partial charge in [0.15, 0.2) is 23.1 Å². The van der Waals surface area contributed by atoms with Crippen molar-refractivity contribution in [2.45, 2.75) is 20.3 Å². The van der Waals surface area contributed by atoms with E-state index in [0.717, 1.165) is 18.6 Å². The number of hydrogen-bond donors (Lipinski definition) is 0. The van der Waals surface area contributed by atoms with Crippen molar-refractivity contribution in [3.8, 4) is 11.5 Å². The van der Waals surface area contributed by atoms with Gasteiger partial charge in [0.1, 0.15) is 0 Å². The van der Waals surface area contributed by atoms with Gasteiger partial charge in [0.05, 0.1) is 18.7 Å². The van der Waals surface area contributed by atoms with Gasteiger partial charge >= 0.3 is 0 Å². The number of rotatable bonds is 7. The first-order chi connectivity index (χ1) is 15.7. The first-order valence-electron chi connectivity index (χ1n) is 10.7. The van der Waals surface area contributed by atoms with Crippen LogP contribution in [0.3, 0.4) is 0 Å². The van der Waals surface area contributed by atoms with E-state index in [1.807, 2.05) is 0 Å². The van der Waals surface area contributed by atoms with E-state index in [2.05, 4.69) is 13.8 Å². The van der Waals surface area contributed by atoms with Crippen LogP contribution >= 0.6 is 11.6 Å². The van der Waals surface area contributed by atoms with Gasteiger partial charge in [-0.15, -0.1) is 0 Å². The first-order valence-corrected chi connectivity index (χ1v) is 11.1. The maximum absolute atomic E-state index is 13.5. The van der Waals surface area contributed by atoms with Crippen molar-refractivity contribution < 1.29 is 27.8 Å². The van der Waals surface area contributed by atoms with Crippen molar-refractivity contribution in [3.05, 3.63) is 58.1 Å². The van der Waals surface area contributed by atoms with Gasteiger partial charge in [-0.05, 0) is 42.7 Å². The molecule has 0 bridgehead atoms. The molecule has 0 unspecified atom stereocenters. The Bertz CT molecular complexity index is 1020. The molecule has 1 fully saturated rings. The van der Waals surface area contributed by atoms with Gasteiger partial charge < -0.3 is 19.3 Å². The Morgan fingerprint density at radius 1 is 0.970 bits per heavy atom. The summed E-state index contributed by atoms with van der Waals surface area (Å²) < 4.78 is 37.8. The molecule has 1 heterocycles. The third-order valence-electron chi connectivity index (χ3n) is 5.44. The number of ether oxygens (including phenoxy) is 2. The van der Waals surface area contributed by atoms with E-state index in [9.17, 15) is 18.4 Å². The number of amides is 2. The number of benzene rings is 2. The molecule has 178 valence electrons. The van der Waals surface area contributed by atoms with Gasteiger partial charge in [-0.25, -0.2) is 8.78 Å². The van der Waals surface area contributed by atoms with E-state index in [4.69, 9.17) is 21.1 Å². The topological polar surface area (TPSA) is 59.1 Å². The number of piperazine rings is 1. The lowest BCUT2D eigenvalue weighted by atomic mass is 10.1. The maximum atomic E-state index is 13.5. The molecule has 2 aromatic carbocycles. The smallest absolute Gasteiger partial charge is 0.254 e. The van der Waals surface area contributed by atoms with Crippen molar-refractivity contribution in [2.75, 3.05) is 39.9 Å². The van der Waals surface area contributed by atoms with E-state index < -0.39 is 17.5 Å². The molecule has 3 rings (SSSR count). The van der Waals surface area contributed by atoms with Crippen LogP contribution in [-0.2, 0) is 0 Å². The van der Waals surface area contributed by atoms with Gasteiger partial charge in [0.25, 0.3) is 11.8 Å². The lowest BCUT2D eigenvalue weighted by Gasteiger charge is -2.35. The van der Waals surface area contributed by atoms with E-state index in [1.54, 1.807) is 17.0 Å². The van der Waals surface area contributed by atoms with Crippen molar-refractivity contribution in [1.82, 2.24) is 9.80 Å². The fraction of sp³-hybridized carbons (Fsp3) is 0.417. The maximum Gasteiger partial charge on any atom is 0.254 e. The Morgan fingerprint density at radius 2 is 1.58 bits per heavy atom. The lowest BCUT2D eigenvalue weighted by Crippen LogP contribution is -2.50. The lowest BCUT2D eigenvalue weighted by molar-refractivity contribution is 0.0535. The van der Waals surface area contributed by atoms with Gasteiger partial charge in [0, 0.05) is 37.3 Å². The minimum atomic E-state index is -1.07. The molecule has 1 aliphatic heterocycles. The zero-order valence-corrected chi connectivity index (χ0v) is 19.6. The Morgan fingerprint density at radius 3 is 2.12 bits per heavy atom. The molecule has 2 aromatic rings.